The second-order valence-corrected chi connectivity index (χ2v) is 0. The summed E-state index contributed by atoms with van der Waals surface area (Å²) in [6.07, 6.45) is 0. The Morgan fingerprint density at radius 1 is 0.375 bits per heavy atom. The molecule has 62 valence electrons. The molecule has 0 aliphatic heterocycles. The first-order chi connectivity index (χ1) is 0. The molecule has 0 aliphatic carbocycles. The van der Waals surface area contributed by atoms with E-state index < -0.39 is 0 Å². The first-order valence-electron chi connectivity index (χ1n) is 0. The van der Waals surface area contributed by atoms with E-state index in [2.05, 4.69) is 0 Å². The van der Waals surface area contributed by atoms with Gasteiger partial charge in [-0.15, -0.1) is 24.8 Å². The summed E-state index contributed by atoms with van der Waals surface area (Å²) in [5, 5.41) is 0. The van der Waals surface area contributed by atoms with Crippen molar-refractivity contribution in [2.45, 2.75) is 0 Å². The summed E-state index contributed by atoms with van der Waals surface area (Å²) >= 11 is 0. The first-order valence-corrected chi connectivity index (χ1v) is 0. The fourth-order valence-corrected chi connectivity index (χ4v) is 0. The van der Waals surface area contributed by atoms with E-state index in [1.807, 2.05) is 0 Å². The van der Waals surface area contributed by atoms with Crippen molar-refractivity contribution in [3.63, 3.8) is 0 Å². The van der Waals surface area contributed by atoms with Crippen LogP contribution >= 0.6 is 24.8 Å². The third-order valence-corrected chi connectivity index (χ3v) is 0. The van der Waals surface area contributed by atoms with E-state index >= 15 is 0 Å². The molecule has 0 aromatic rings. The molecule has 0 heterocycles. The molecule has 0 bridgehead atoms. The molecule has 10 N–H and O–H groups in total. The van der Waals surface area contributed by atoms with Gasteiger partial charge in [-0.05, 0) is 0 Å². The van der Waals surface area contributed by atoms with Crippen LogP contribution in [0.4, 0.5) is 0 Å². The predicted molar refractivity (Wildman–Crippen MR) is 41.1 cm³/mol. The van der Waals surface area contributed by atoms with Crippen LogP contribution < -0.4 is 0 Å². The molecule has 5 nitrogen and oxygen atoms in total. The Morgan fingerprint density at radius 2 is 0.375 bits per heavy atom. The Morgan fingerprint density at radius 3 is 0.375 bits per heavy atom. The van der Waals surface area contributed by atoms with E-state index in [9.17, 15) is 0 Å². The minimum absolute atomic E-state index is 0. The van der Waals surface area contributed by atoms with Crippen LogP contribution in [0, 0.1) is 0 Å². The van der Waals surface area contributed by atoms with Gasteiger partial charge in [0, 0.05) is 0 Å². The van der Waals surface area contributed by atoms with Crippen LogP contribution in [0.5, 0.6) is 0 Å². The Bertz CT molecular complexity index is 10.4. The van der Waals surface area contributed by atoms with Crippen LogP contribution in [-0.4, -0.2) is 51.3 Å². The molecule has 8 heteroatoms. The summed E-state index contributed by atoms with van der Waals surface area (Å²) in [7, 11) is 0. The van der Waals surface area contributed by atoms with Gasteiger partial charge in [0.1, 0.15) is 0 Å². The summed E-state index contributed by atoms with van der Waals surface area (Å²) in [4.78, 5) is 0. The quantitative estimate of drug-likeness (QED) is 0.395. The van der Waals surface area contributed by atoms with E-state index in [1.54, 1.807) is 0 Å². The van der Waals surface area contributed by atoms with Gasteiger partial charge in [-0.1, -0.05) is 0 Å². The summed E-state index contributed by atoms with van der Waals surface area (Å²) < 4.78 is 0. The van der Waals surface area contributed by atoms with E-state index in [4.69, 9.17) is 0 Å². The van der Waals surface area contributed by atoms with Crippen molar-refractivity contribution in [2.75, 3.05) is 0 Å². The minimum atomic E-state index is 0. The average Bonchev–Trinajstić information content (AvgIpc) is 0. The fraction of sp³-hybridized carbons (Fsp3) is 0. The Hall–Kier alpha value is 1.18. The number of rotatable bonds is 0. The van der Waals surface area contributed by atoms with Crippen molar-refractivity contribution >= 4 is 48.7 Å². The van der Waals surface area contributed by atoms with Crippen molar-refractivity contribution < 1.29 is 27.4 Å². The monoisotopic (exact) mass is 284 g/mol. The third kappa shape index (κ3) is 197. The number of hydrogen-bond donors (Lipinski definition) is 0. The molecule has 0 fully saturated rings. The molecule has 0 atom stereocenters. The Kier molecular flexibility index (Phi) is 16800. The summed E-state index contributed by atoms with van der Waals surface area (Å²) in [5.74, 6) is 0. The number of hydrogen-bond acceptors (Lipinski definition) is 0. The maximum atomic E-state index is 0. The molecule has 0 unspecified atom stereocenters. The van der Waals surface area contributed by atoms with Gasteiger partial charge in [-0.3, -0.25) is 0 Å². The SMILES string of the molecule is Cl.Cl.O.O.O.O.O.[SnH2]. The van der Waals surface area contributed by atoms with Gasteiger partial charge >= 0.3 is 23.9 Å². The normalized spacial score (nSPS) is 0. The molecule has 0 saturated carbocycles. The van der Waals surface area contributed by atoms with Crippen LogP contribution in [0.25, 0.3) is 0 Å². The zero-order chi connectivity index (χ0) is 0. The van der Waals surface area contributed by atoms with Crippen LogP contribution in [0.1, 0.15) is 0 Å². The number of halogens is 2. The first kappa shape index (κ1) is 442. The van der Waals surface area contributed by atoms with E-state index in [1.165, 1.54) is 0 Å². The fourth-order valence-electron chi connectivity index (χ4n) is 0. The van der Waals surface area contributed by atoms with Crippen molar-refractivity contribution in [1.82, 2.24) is 0 Å². The van der Waals surface area contributed by atoms with E-state index in [-0.39, 0.29) is 76.1 Å². The third-order valence-electron chi connectivity index (χ3n) is 0. The van der Waals surface area contributed by atoms with Crippen LogP contribution in [0.2, 0.25) is 0 Å². The van der Waals surface area contributed by atoms with E-state index in [0.29, 0.717) is 0 Å². The van der Waals surface area contributed by atoms with Gasteiger partial charge in [0.15, 0.2) is 0 Å². The zero-order valence-corrected chi connectivity index (χ0v) is 9.69. The van der Waals surface area contributed by atoms with Gasteiger partial charge in [0.05, 0.1) is 0 Å². The molecule has 0 rings (SSSR count). The Balaban J connectivity index is 0. The standard InChI is InChI=1S/2ClH.5H2O.Sn.2H/h2*1H;5*1H2;;;. The zero-order valence-electron chi connectivity index (χ0n) is 4.02. The van der Waals surface area contributed by atoms with Crippen LogP contribution in [0.3, 0.4) is 0 Å². The van der Waals surface area contributed by atoms with Gasteiger partial charge in [0.2, 0.25) is 0 Å². The molecule has 0 saturated heterocycles. The second-order valence-electron chi connectivity index (χ2n) is 0. The Labute approximate surface area is 76.2 Å². The maximum absolute atomic E-state index is 0. The van der Waals surface area contributed by atoms with Crippen molar-refractivity contribution in [3.8, 4) is 0 Å². The molecule has 0 spiro atoms. The van der Waals surface area contributed by atoms with Gasteiger partial charge in [0.25, 0.3) is 0 Å². The molecule has 0 aromatic carbocycles. The molecule has 2 radical (unpaired) electrons. The van der Waals surface area contributed by atoms with Crippen molar-refractivity contribution in [3.05, 3.63) is 0 Å². The molecule has 0 aromatic heterocycles. The predicted octanol–water partition coefficient (Wildman–Crippen LogP) is -4.20. The van der Waals surface area contributed by atoms with Gasteiger partial charge in [-0.25, -0.2) is 0 Å². The van der Waals surface area contributed by atoms with Gasteiger partial charge in [-0.2, -0.15) is 0 Å². The van der Waals surface area contributed by atoms with Gasteiger partial charge < -0.3 is 27.4 Å². The van der Waals surface area contributed by atoms with Crippen molar-refractivity contribution in [2.24, 2.45) is 0 Å². The topological polar surface area (TPSA) is 158 Å². The second kappa shape index (κ2) is 303. The molecule has 0 aliphatic rings. The summed E-state index contributed by atoms with van der Waals surface area (Å²) in [6, 6.07) is 0. The van der Waals surface area contributed by atoms with E-state index in [0.717, 1.165) is 0 Å². The van der Waals surface area contributed by atoms with Crippen molar-refractivity contribution in [1.29, 1.82) is 0 Å². The van der Waals surface area contributed by atoms with Crippen LogP contribution in [0.15, 0.2) is 0 Å². The molecular weight excluding hydrogens is 270 g/mol. The summed E-state index contributed by atoms with van der Waals surface area (Å²) in [5.41, 5.74) is 0. The molecular formula is H14Cl2O5Sn. The summed E-state index contributed by atoms with van der Waals surface area (Å²) in [6.45, 7) is 0. The molecule has 8 heavy (non-hydrogen) atoms. The van der Waals surface area contributed by atoms with Crippen LogP contribution in [-0.2, 0) is 0 Å². The average molecular weight is 284 g/mol. The molecule has 0 amide bonds.